The maximum absolute atomic E-state index is 11.0. The van der Waals surface area contributed by atoms with Crippen molar-refractivity contribution in [2.24, 2.45) is 0 Å². The molecule has 0 aliphatic heterocycles. The Morgan fingerprint density at radius 1 is 1.69 bits per heavy atom. The highest BCUT2D eigenvalue weighted by Gasteiger charge is 2.25. The van der Waals surface area contributed by atoms with Crippen LogP contribution >= 0.6 is 0 Å². The molecule has 3 nitrogen and oxygen atoms in total. The van der Waals surface area contributed by atoms with Crippen LogP contribution in [0.15, 0.2) is 35.7 Å². The van der Waals surface area contributed by atoms with E-state index in [0.717, 1.165) is 11.6 Å². The lowest BCUT2D eigenvalue weighted by molar-refractivity contribution is -0.151. The van der Waals surface area contributed by atoms with Crippen LogP contribution in [0.3, 0.4) is 0 Å². The molecule has 0 aromatic carbocycles. The first kappa shape index (κ1) is 9.58. The summed E-state index contributed by atoms with van der Waals surface area (Å²) in [7, 11) is 0. The molecule has 0 N–H and O–H groups in total. The highest BCUT2D eigenvalue weighted by Crippen LogP contribution is 2.24. The van der Waals surface area contributed by atoms with Gasteiger partial charge in [-0.05, 0) is 19.9 Å². The SMILES string of the molecule is C=CC(=O)OC(C)(C)c1ccoc1. The molecule has 0 fully saturated rings. The Balaban J connectivity index is 2.77. The van der Waals surface area contributed by atoms with Gasteiger partial charge >= 0.3 is 5.97 Å². The van der Waals surface area contributed by atoms with Crippen LogP contribution in [-0.2, 0) is 15.1 Å². The van der Waals surface area contributed by atoms with Crippen molar-refractivity contribution in [3.63, 3.8) is 0 Å². The monoisotopic (exact) mass is 180 g/mol. The average Bonchev–Trinajstić information content (AvgIpc) is 2.55. The zero-order valence-corrected chi connectivity index (χ0v) is 7.74. The molecule has 0 bridgehead atoms. The van der Waals surface area contributed by atoms with E-state index in [-0.39, 0.29) is 0 Å². The summed E-state index contributed by atoms with van der Waals surface area (Å²) < 4.78 is 10.0. The number of hydrogen-bond acceptors (Lipinski definition) is 3. The molecule has 0 aliphatic rings. The second-order valence-corrected chi connectivity index (χ2v) is 3.15. The molecule has 1 rings (SSSR count). The third-order valence-electron chi connectivity index (χ3n) is 1.74. The molecule has 0 atom stereocenters. The van der Waals surface area contributed by atoms with Gasteiger partial charge in [0.1, 0.15) is 5.60 Å². The minimum Gasteiger partial charge on any atom is -0.472 e. The van der Waals surface area contributed by atoms with Gasteiger partial charge in [0, 0.05) is 11.6 Å². The van der Waals surface area contributed by atoms with Gasteiger partial charge in [0.15, 0.2) is 0 Å². The van der Waals surface area contributed by atoms with Crippen molar-refractivity contribution in [3.05, 3.63) is 36.8 Å². The van der Waals surface area contributed by atoms with Crippen LogP contribution in [0.5, 0.6) is 0 Å². The van der Waals surface area contributed by atoms with E-state index in [1.54, 1.807) is 32.4 Å². The van der Waals surface area contributed by atoms with Crippen molar-refractivity contribution in [2.45, 2.75) is 19.4 Å². The number of carbonyl (C=O) groups is 1. The summed E-state index contributed by atoms with van der Waals surface area (Å²) in [5.74, 6) is -0.439. The van der Waals surface area contributed by atoms with Crippen molar-refractivity contribution in [3.8, 4) is 0 Å². The van der Waals surface area contributed by atoms with Gasteiger partial charge < -0.3 is 9.15 Å². The Labute approximate surface area is 77.0 Å². The van der Waals surface area contributed by atoms with Gasteiger partial charge in [-0.2, -0.15) is 0 Å². The molecule has 13 heavy (non-hydrogen) atoms. The Morgan fingerprint density at radius 2 is 2.38 bits per heavy atom. The highest BCUT2D eigenvalue weighted by molar-refractivity contribution is 5.81. The van der Waals surface area contributed by atoms with E-state index in [1.165, 1.54) is 0 Å². The Kier molecular flexibility index (Phi) is 2.56. The first-order valence-electron chi connectivity index (χ1n) is 3.94. The van der Waals surface area contributed by atoms with Crippen molar-refractivity contribution in [1.82, 2.24) is 0 Å². The van der Waals surface area contributed by atoms with Gasteiger partial charge in [0.25, 0.3) is 0 Å². The Morgan fingerprint density at radius 3 is 2.85 bits per heavy atom. The molecule has 0 unspecified atom stereocenters. The van der Waals surface area contributed by atoms with Crippen molar-refractivity contribution in [2.75, 3.05) is 0 Å². The van der Waals surface area contributed by atoms with E-state index in [1.807, 2.05) is 0 Å². The van der Waals surface area contributed by atoms with Gasteiger partial charge in [-0.3, -0.25) is 0 Å². The van der Waals surface area contributed by atoms with Gasteiger partial charge in [0.2, 0.25) is 0 Å². The first-order chi connectivity index (χ1) is 6.06. The molecule has 0 radical (unpaired) electrons. The molecule has 1 heterocycles. The number of hydrogen-bond donors (Lipinski definition) is 0. The summed E-state index contributed by atoms with van der Waals surface area (Å²) in [5.41, 5.74) is 0.154. The van der Waals surface area contributed by atoms with E-state index in [9.17, 15) is 4.79 Å². The average molecular weight is 180 g/mol. The summed E-state index contributed by atoms with van der Waals surface area (Å²) in [6, 6.07) is 1.76. The van der Waals surface area contributed by atoms with Crippen LogP contribution in [0.25, 0.3) is 0 Å². The van der Waals surface area contributed by atoms with E-state index in [0.29, 0.717) is 0 Å². The molecule has 0 spiro atoms. The summed E-state index contributed by atoms with van der Waals surface area (Å²) in [5, 5.41) is 0. The number of ether oxygens (including phenoxy) is 1. The Bertz CT molecular complexity index is 296. The maximum Gasteiger partial charge on any atom is 0.331 e. The van der Waals surface area contributed by atoms with Crippen LogP contribution in [-0.4, -0.2) is 5.97 Å². The molecule has 1 aromatic heterocycles. The normalized spacial score (nSPS) is 10.9. The lowest BCUT2D eigenvalue weighted by Gasteiger charge is -2.22. The zero-order valence-electron chi connectivity index (χ0n) is 7.74. The van der Waals surface area contributed by atoms with Crippen LogP contribution in [0, 0.1) is 0 Å². The smallest absolute Gasteiger partial charge is 0.331 e. The Hall–Kier alpha value is -1.51. The molecule has 0 saturated heterocycles. The number of esters is 1. The maximum atomic E-state index is 11.0. The quantitative estimate of drug-likeness (QED) is 0.529. The topological polar surface area (TPSA) is 39.4 Å². The van der Waals surface area contributed by atoms with Crippen LogP contribution < -0.4 is 0 Å². The summed E-state index contributed by atoms with van der Waals surface area (Å²) in [4.78, 5) is 11.0. The van der Waals surface area contributed by atoms with Crippen LogP contribution in [0.4, 0.5) is 0 Å². The van der Waals surface area contributed by atoms with Crippen molar-refractivity contribution < 1.29 is 13.9 Å². The third kappa shape index (κ3) is 2.21. The molecule has 0 saturated carbocycles. The standard InChI is InChI=1S/C10H12O3/c1-4-9(11)13-10(2,3)8-5-6-12-7-8/h4-7H,1H2,2-3H3. The molecule has 1 aromatic rings. The number of furan rings is 1. The van der Waals surface area contributed by atoms with E-state index in [4.69, 9.17) is 9.15 Å². The molecular formula is C10H12O3. The van der Waals surface area contributed by atoms with Gasteiger partial charge in [0.05, 0.1) is 12.5 Å². The summed E-state index contributed by atoms with van der Waals surface area (Å²) in [6.45, 7) is 6.91. The van der Waals surface area contributed by atoms with Crippen LogP contribution in [0.1, 0.15) is 19.4 Å². The fraction of sp³-hybridized carbons (Fsp3) is 0.300. The minimum absolute atomic E-state index is 0.439. The third-order valence-corrected chi connectivity index (χ3v) is 1.74. The molecule has 3 heteroatoms. The molecular weight excluding hydrogens is 168 g/mol. The predicted molar refractivity (Wildman–Crippen MR) is 48.0 cm³/mol. The second kappa shape index (κ2) is 3.47. The predicted octanol–water partition coefficient (Wildman–Crippen LogP) is 2.24. The summed E-state index contributed by atoms with van der Waals surface area (Å²) in [6.07, 6.45) is 4.23. The van der Waals surface area contributed by atoms with Crippen molar-refractivity contribution in [1.29, 1.82) is 0 Å². The lowest BCUT2D eigenvalue weighted by atomic mass is 10.0. The fourth-order valence-corrected chi connectivity index (χ4v) is 0.959. The zero-order chi connectivity index (χ0) is 9.90. The number of carbonyl (C=O) groups excluding carboxylic acids is 1. The molecule has 70 valence electrons. The minimum atomic E-state index is -0.668. The largest absolute Gasteiger partial charge is 0.472 e. The number of rotatable bonds is 3. The summed E-state index contributed by atoms with van der Waals surface area (Å²) >= 11 is 0. The van der Waals surface area contributed by atoms with Gasteiger partial charge in [-0.25, -0.2) is 4.79 Å². The van der Waals surface area contributed by atoms with E-state index >= 15 is 0 Å². The van der Waals surface area contributed by atoms with Gasteiger partial charge in [-0.15, -0.1) is 0 Å². The van der Waals surface area contributed by atoms with Crippen molar-refractivity contribution >= 4 is 5.97 Å². The van der Waals surface area contributed by atoms with Gasteiger partial charge in [-0.1, -0.05) is 6.58 Å². The molecule has 0 aliphatic carbocycles. The first-order valence-corrected chi connectivity index (χ1v) is 3.94. The van der Waals surface area contributed by atoms with E-state index < -0.39 is 11.6 Å². The lowest BCUT2D eigenvalue weighted by Crippen LogP contribution is -2.23. The molecule has 0 amide bonds. The van der Waals surface area contributed by atoms with E-state index in [2.05, 4.69) is 6.58 Å². The van der Waals surface area contributed by atoms with Crippen LogP contribution in [0.2, 0.25) is 0 Å². The second-order valence-electron chi connectivity index (χ2n) is 3.15. The fourth-order valence-electron chi connectivity index (χ4n) is 0.959. The highest BCUT2D eigenvalue weighted by atomic mass is 16.6.